The maximum absolute atomic E-state index is 11.8. The molecule has 1 unspecified atom stereocenters. The molecule has 6 rings (SSSR count). The molecule has 2 aliphatic heterocycles. The third-order valence-corrected chi connectivity index (χ3v) is 8.57. The highest BCUT2D eigenvalue weighted by Gasteiger charge is 2.31. The number of likely N-dealkylation sites (tertiary alicyclic amines) is 1. The third-order valence-electron chi connectivity index (χ3n) is 8.27. The summed E-state index contributed by atoms with van der Waals surface area (Å²) in [7, 11) is 0. The molecule has 230 valence electrons. The Hall–Kier alpha value is -4.71. The second-order valence-corrected chi connectivity index (χ2v) is 11.6. The van der Waals surface area contributed by atoms with Crippen molar-refractivity contribution in [2.45, 2.75) is 45.6 Å². The minimum atomic E-state index is -0.830. The molecular weight excluding hydrogens is 592 g/mol. The Balaban J connectivity index is 1.25. The standard InChI is InChI=1S/C36H33ClN2O6/c1-23-27(7-3-8-29(23)26-10-11-32-35(17-26)43-14-13-42-32)22-45-34-18-33(44-21-25-6-2-5-24(15-25)19-38)28(16-30(34)37)20-39-12-4-9-31(39)36(40)41/h2-3,5-8,10-11,15-18,31H,4,9,12-14,20-22H2,1H3,(H,40,41). The number of benzene rings is 4. The van der Waals surface area contributed by atoms with Crippen LogP contribution in [0.2, 0.25) is 5.02 Å². The first-order chi connectivity index (χ1) is 21.9. The summed E-state index contributed by atoms with van der Waals surface area (Å²) in [6, 6.07) is 24.5. The summed E-state index contributed by atoms with van der Waals surface area (Å²) >= 11 is 6.77. The maximum Gasteiger partial charge on any atom is 0.320 e. The Morgan fingerprint density at radius 2 is 1.78 bits per heavy atom. The van der Waals surface area contributed by atoms with Crippen LogP contribution in [0, 0.1) is 18.3 Å². The summed E-state index contributed by atoms with van der Waals surface area (Å²) in [4.78, 5) is 13.8. The molecule has 4 aromatic carbocycles. The molecule has 9 heteroatoms. The van der Waals surface area contributed by atoms with Crippen molar-refractivity contribution in [1.29, 1.82) is 5.26 Å². The number of carboxylic acid groups (broad SMARTS) is 1. The van der Waals surface area contributed by atoms with E-state index in [2.05, 4.69) is 19.1 Å². The Bertz CT molecular complexity index is 1770. The number of aliphatic carboxylic acids is 1. The molecular formula is C36H33ClN2O6. The highest BCUT2D eigenvalue weighted by molar-refractivity contribution is 6.32. The normalized spacial score (nSPS) is 15.8. The summed E-state index contributed by atoms with van der Waals surface area (Å²) in [5, 5.41) is 19.4. The van der Waals surface area contributed by atoms with Gasteiger partial charge in [0.2, 0.25) is 0 Å². The maximum atomic E-state index is 11.8. The van der Waals surface area contributed by atoms with Crippen LogP contribution in [0.25, 0.3) is 11.1 Å². The van der Waals surface area contributed by atoms with Gasteiger partial charge in [0.25, 0.3) is 0 Å². The fourth-order valence-electron chi connectivity index (χ4n) is 5.87. The Morgan fingerprint density at radius 1 is 0.978 bits per heavy atom. The van der Waals surface area contributed by atoms with Crippen molar-refractivity contribution in [1.82, 2.24) is 4.90 Å². The fourth-order valence-corrected chi connectivity index (χ4v) is 6.11. The first-order valence-corrected chi connectivity index (χ1v) is 15.3. The van der Waals surface area contributed by atoms with Crippen LogP contribution < -0.4 is 18.9 Å². The highest BCUT2D eigenvalue weighted by Crippen LogP contribution is 2.38. The molecule has 0 spiro atoms. The molecule has 0 saturated carbocycles. The van der Waals surface area contributed by atoms with E-state index in [-0.39, 0.29) is 13.2 Å². The molecule has 8 nitrogen and oxygen atoms in total. The summed E-state index contributed by atoms with van der Waals surface area (Å²) < 4.78 is 24.0. The van der Waals surface area contributed by atoms with E-state index in [9.17, 15) is 15.2 Å². The molecule has 2 heterocycles. The molecule has 0 aliphatic carbocycles. The molecule has 1 atom stereocenters. The van der Waals surface area contributed by atoms with Gasteiger partial charge in [-0.1, -0.05) is 48.0 Å². The van der Waals surface area contributed by atoms with Gasteiger partial charge in [-0.05, 0) is 84.5 Å². The first-order valence-electron chi connectivity index (χ1n) is 14.9. The largest absolute Gasteiger partial charge is 0.488 e. The van der Waals surface area contributed by atoms with Crippen molar-refractivity contribution >= 4 is 17.6 Å². The number of nitriles is 1. The zero-order valence-corrected chi connectivity index (χ0v) is 25.7. The molecule has 0 radical (unpaired) electrons. The molecule has 1 N–H and O–H groups in total. The zero-order valence-electron chi connectivity index (χ0n) is 24.9. The van der Waals surface area contributed by atoms with Gasteiger partial charge < -0.3 is 24.1 Å². The van der Waals surface area contributed by atoms with Crippen LogP contribution in [0.15, 0.2) is 72.8 Å². The number of hydrogen-bond donors (Lipinski definition) is 1. The predicted molar refractivity (Wildman–Crippen MR) is 170 cm³/mol. The van der Waals surface area contributed by atoms with Crippen LogP contribution >= 0.6 is 11.6 Å². The number of fused-ring (bicyclic) bond motifs is 1. The van der Waals surface area contributed by atoms with Crippen LogP contribution in [0.4, 0.5) is 0 Å². The summed E-state index contributed by atoms with van der Waals surface area (Å²) in [5.74, 6) is 1.67. The van der Waals surface area contributed by atoms with Crippen LogP contribution in [0.1, 0.15) is 40.7 Å². The number of carbonyl (C=O) groups is 1. The van der Waals surface area contributed by atoms with Gasteiger partial charge in [0, 0.05) is 18.2 Å². The lowest BCUT2D eigenvalue weighted by Crippen LogP contribution is -2.35. The molecule has 2 aliphatic rings. The molecule has 0 bridgehead atoms. The molecule has 4 aromatic rings. The molecule has 1 fully saturated rings. The van der Waals surface area contributed by atoms with Gasteiger partial charge in [0.05, 0.1) is 16.7 Å². The smallest absolute Gasteiger partial charge is 0.320 e. The monoisotopic (exact) mass is 624 g/mol. The van der Waals surface area contributed by atoms with Crippen molar-refractivity contribution in [3.8, 4) is 40.2 Å². The van der Waals surface area contributed by atoms with E-state index in [1.54, 1.807) is 24.3 Å². The van der Waals surface area contributed by atoms with Gasteiger partial charge in [0.15, 0.2) is 11.5 Å². The van der Waals surface area contributed by atoms with Crippen molar-refractivity contribution in [2.75, 3.05) is 19.8 Å². The van der Waals surface area contributed by atoms with Gasteiger partial charge >= 0.3 is 5.97 Å². The van der Waals surface area contributed by atoms with Crippen molar-refractivity contribution in [2.24, 2.45) is 0 Å². The van der Waals surface area contributed by atoms with Crippen molar-refractivity contribution < 1.29 is 28.8 Å². The average molecular weight is 625 g/mol. The van der Waals surface area contributed by atoms with E-state index in [4.69, 9.17) is 30.5 Å². The zero-order chi connectivity index (χ0) is 31.3. The average Bonchev–Trinajstić information content (AvgIpc) is 3.53. The topological polar surface area (TPSA) is 101 Å². The second kappa shape index (κ2) is 13.5. The number of rotatable bonds is 10. The number of ether oxygens (including phenoxy) is 4. The van der Waals surface area contributed by atoms with Crippen LogP contribution in [0.3, 0.4) is 0 Å². The SMILES string of the molecule is Cc1c(COc2cc(OCc3cccc(C#N)c3)c(CN3CCCC3C(=O)O)cc2Cl)cccc1-c1ccc2c(c1)OCCO2. The first kappa shape index (κ1) is 30.3. The summed E-state index contributed by atoms with van der Waals surface area (Å²) in [6.07, 6.45) is 1.42. The minimum absolute atomic E-state index is 0.225. The van der Waals surface area contributed by atoms with Crippen LogP contribution in [-0.4, -0.2) is 41.8 Å². The summed E-state index contributed by atoms with van der Waals surface area (Å²) in [6.45, 7) is 4.69. The lowest BCUT2D eigenvalue weighted by Gasteiger charge is -2.23. The Kier molecular flexibility index (Phi) is 9.11. The van der Waals surface area contributed by atoms with E-state index in [1.165, 1.54) is 0 Å². The van der Waals surface area contributed by atoms with Crippen LogP contribution in [-0.2, 0) is 24.6 Å². The lowest BCUT2D eigenvalue weighted by molar-refractivity contribution is -0.142. The summed E-state index contributed by atoms with van der Waals surface area (Å²) in [5.41, 5.74) is 6.33. The minimum Gasteiger partial charge on any atom is -0.488 e. The molecule has 0 amide bonds. The van der Waals surface area contributed by atoms with Gasteiger partial charge in [-0.2, -0.15) is 5.26 Å². The number of hydrogen-bond acceptors (Lipinski definition) is 7. The molecule has 1 saturated heterocycles. The molecule has 0 aromatic heterocycles. The fraction of sp³-hybridized carbons (Fsp3) is 0.278. The number of carboxylic acids is 1. The van der Waals surface area contributed by atoms with E-state index >= 15 is 0 Å². The lowest BCUT2D eigenvalue weighted by atomic mass is 9.96. The van der Waals surface area contributed by atoms with Gasteiger partial charge in [-0.25, -0.2) is 0 Å². The third kappa shape index (κ3) is 6.85. The highest BCUT2D eigenvalue weighted by atomic mass is 35.5. The van der Waals surface area contributed by atoms with Gasteiger partial charge in [0.1, 0.15) is 44.0 Å². The van der Waals surface area contributed by atoms with E-state index in [0.717, 1.165) is 51.3 Å². The van der Waals surface area contributed by atoms with Crippen LogP contribution in [0.5, 0.6) is 23.0 Å². The Labute approximate surface area is 267 Å². The van der Waals surface area contributed by atoms with Crippen molar-refractivity contribution in [3.05, 3.63) is 106 Å². The van der Waals surface area contributed by atoms with Gasteiger partial charge in [-0.3, -0.25) is 9.69 Å². The number of halogens is 1. The predicted octanol–water partition coefficient (Wildman–Crippen LogP) is 7.17. The van der Waals surface area contributed by atoms with Crippen molar-refractivity contribution in [3.63, 3.8) is 0 Å². The van der Waals surface area contributed by atoms with E-state index in [0.29, 0.717) is 54.8 Å². The number of nitrogens with zero attached hydrogens (tertiary/aromatic N) is 2. The Morgan fingerprint density at radius 3 is 2.60 bits per heavy atom. The van der Waals surface area contributed by atoms with E-state index in [1.807, 2.05) is 47.4 Å². The van der Waals surface area contributed by atoms with Gasteiger partial charge in [-0.15, -0.1) is 0 Å². The quantitative estimate of drug-likeness (QED) is 0.198. The second-order valence-electron chi connectivity index (χ2n) is 11.2. The molecule has 45 heavy (non-hydrogen) atoms. The van der Waals surface area contributed by atoms with E-state index < -0.39 is 12.0 Å².